The average molecular weight is 377 g/mol. The smallest absolute Gasteiger partial charge is 0.308 e. The molecule has 1 N–H and O–H groups in total. The minimum absolute atomic E-state index is 0.126. The molecule has 0 fully saturated rings. The zero-order valence-electron chi connectivity index (χ0n) is 16.1. The summed E-state index contributed by atoms with van der Waals surface area (Å²) < 4.78 is 80.1. The highest BCUT2D eigenvalue weighted by atomic mass is 19.4. The van der Waals surface area contributed by atoms with Crippen LogP contribution in [0.3, 0.4) is 0 Å². The van der Waals surface area contributed by atoms with Gasteiger partial charge in [0.15, 0.2) is 11.2 Å². The first-order valence-electron chi connectivity index (χ1n) is 8.00. The van der Waals surface area contributed by atoms with Crippen LogP contribution in [0.25, 0.3) is 0 Å². The number of hydrogen-bond acceptors (Lipinski definition) is 2. The molecule has 0 aromatic carbocycles. The van der Waals surface area contributed by atoms with Crippen LogP contribution >= 0.6 is 0 Å². The standard InChI is InChI=1S/C17H29F6NO/c1-12(2,3)10-14(6,24-8)11(25)9-13(4,5)15(7,16(18,19)20)17(21,22)23/h24H,9-10H2,1-8H3. The number of Topliss-reactive ketones (excluding diaryl/α,β-unsaturated/α-hetero) is 1. The molecule has 0 saturated carbocycles. The Balaban J connectivity index is 5.92. The molecule has 0 aromatic heterocycles. The van der Waals surface area contributed by atoms with Crippen molar-refractivity contribution in [1.29, 1.82) is 0 Å². The normalized spacial score (nSPS) is 17.4. The van der Waals surface area contributed by atoms with Crippen LogP contribution in [0.1, 0.15) is 61.3 Å². The Hall–Kier alpha value is -0.790. The topological polar surface area (TPSA) is 29.1 Å². The van der Waals surface area contributed by atoms with E-state index in [0.29, 0.717) is 0 Å². The first kappa shape index (κ1) is 24.2. The van der Waals surface area contributed by atoms with Gasteiger partial charge in [-0.2, -0.15) is 26.3 Å². The molecule has 0 amide bonds. The molecule has 0 bridgehead atoms. The molecule has 2 nitrogen and oxygen atoms in total. The Kier molecular flexibility index (Phi) is 6.53. The van der Waals surface area contributed by atoms with Gasteiger partial charge in [-0.15, -0.1) is 0 Å². The van der Waals surface area contributed by atoms with E-state index < -0.39 is 40.9 Å². The summed E-state index contributed by atoms with van der Waals surface area (Å²) in [6, 6.07) is 0. The third-order valence-corrected chi connectivity index (χ3v) is 5.14. The molecule has 0 aliphatic rings. The summed E-state index contributed by atoms with van der Waals surface area (Å²) in [7, 11) is 1.48. The lowest BCUT2D eigenvalue weighted by atomic mass is 9.61. The average Bonchev–Trinajstić information content (AvgIpc) is 2.31. The van der Waals surface area contributed by atoms with E-state index in [0.717, 1.165) is 13.8 Å². The van der Waals surface area contributed by atoms with Crippen LogP contribution in [0, 0.1) is 16.2 Å². The maximum absolute atomic E-state index is 13.3. The van der Waals surface area contributed by atoms with Crippen molar-refractivity contribution >= 4 is 5.78 Å². The molecule has 150 valence electrons. The Labute approximate surface area is 145 Å². The summed E-state index contributed by atoms with van der Waals surface area (Å²) >= 11 is 0. The minimum Gasteiger partial charge on any atom is -0.308 e. The summed E-state index contributed by atoms with van der Waals surface area (Å²) in [5.74, 6) is -0.672. The lowest BCUT2D eigenvalue weighted by molar-refractivity contribution is -0.366. The Bertz CT molecular complexity index is 473. The first-order valence-corrected chi connectivity index (χ1v) is 8.00. The van der Waals surface area contributed by atoms with Crippen molar-refractivity contribution in [3.63, 3.8) is 0 Å². The minimum atomic E-state index is -5.53. The van der Waals surface area contributed by atoms with Crippen LogP contribution in [-0.4, -0.2) is 30.7 Å². The van der Waals surface area contributed by atoms with Crippen LogP contribution < -0.4 is 5.32 Å². The lowest BCUT2D eigenvalue weighted by Crippen LogP contribution is -2.59. The largest absolute Gasteiger partial charge is 0.403 e. The van der Waals surface area contributed by atoms with E-state index in [1.807, 2.05) is 20.8 Å². The van der Waals surface area contributed by atoms with Gasteiger partial charge in [0.2, 0.25) is 0 Å². The second-order valence-corrected chi connectivity index (χ2v) is 8.92. The number of carbonyl (C=O) groups is 1. The highest BCUT2D eigenvalue weighted by molar-refractivity contribution is 5.88. The number of carbonyl (C=O) groups excluding carboxylic acids is 1. The number of nitrogens with one attached hydrogen (secondary N) is 1. The van der Waals surface area contributed by atoms with Crippen LogP contribution in [0.4, 0.5) is 26.3 Å². The van der Waals surface area contributed by atoms with Crippen LogP contribution in [0.2, 0.25) is 0 Å². The number of alkyl halides is 6. The molecule has 1 atom stereocenters. The second kappa shape index (κ2) is 6.74. The molecule has 0 aliphatic carbocycles. The van der Waals surface area contributed by atoms with Gasteiger partial charge in [0.1, 0.15) is 0 Å². The van der Waals surface area contributed by atoms with Crippen LogP contribution in [0.15, 0.2) is 0 Å². The van der Waals surface area contributed by atoms with Crippen molar-refractivity contribution in [3.05, 3.63) is 0 Å². The molecule has 0 aromatic rings. The number of ketones is 1. The predicted octanol–water partition coefficient (Wildman–Crippen LogP) is 5.52. The summed E-state index contributed by atoms with van der Waals surface area (Å²) in [6.45, 7) is 8.86. The van der Waals surface area contributed by atoms with E-state index in [9.17, 15) is 31.1 Å². The fraction of sp³-hybridized carbons (Fsp3) is 0.941. The predicted molar refractivity (Wildman–Crippen MR) is 85.2 cm³/mol. The van der Waals surface area contributed by atoms with Gasteiger partial charge in [0.25, 0.3) is 0 Å². The third kappa shape index (κ3) is 4.89. The van der Waals surface area contributed by atoms with E-state index in [-0.39, 0.29) is 18.8 Å². The van der Waals surface area contributed by atoms with E-state index >= 15 is 0 Å². The molecule has 0 spiro atoms. The van der Waals surface area contributed by atoms with Gasteiger partial charge < -0.3 is 5.32 Å². The number of likely N-dealkylation sites (N-methyl/N-ethyl adjacent to an activating group) is 1. The van der Waals surface area contributed by atoms with Crippen molar-refractivity contribution in [3.8, 4) is 0 Å². The zero-order chi connectivity index (χ0) is 20.7. The second-order valence-electron chi connectivity index (χ2n) is 8.92. The van der Waals surface area contributed by atoms with Crippen molar-refractivity contribution in [1.82, 2.24) is 5.32 Å². The SMILES string of the molecule is CNC(C)(CC(C)(C)C)C(=O)CC(C)(C)C(C)(C(F)(F)F)C(F)(F)F. The molecule has 0 rings (SSSR count). The number of hydrogen-bond donors (Lipinski definition) is 1. The first-order chi connectivity index (χ1) is 10.6. The van der Waals surface area contributed by atoms with E-state index in [4.69, 9.17) is 0 Å². The van der Waals surface area contributed by atoms with E-state index in [1.54, 1.807) is 0 Å². The molecule has 8 heteroatoms. The summed E-state index contributed by atoms with van der Waals surface area (Å²) in [5, 5.41) is 2.77. The van der Waals surface area contributed by atoms with Gasteiger partial charge in [-0.25, -0.2) is 0 Å². The lowest BCUT2D eigenvalue weighted by Gasteiger charge is -2.47. The van der Waals surface area contributed by atoms with E-state index in [1.165, 1.54) is 14.0 Å². The fourth-order valence-corrected chi connectivity index (χ4v) is 3.09. The van der Waals surface area contributed by atoms with Crippen molar-refractivity contribution in [2.75, 3.05) is 7.05 Å². The van der Waals surface area contributed by atoms with Gasteiger partial charge in [-0.3, -0.25) is 4.79 Å². The van der Waals surface area contributed by atoms with Gasteiger partial charge >= 0.3 is 12.4 Å². The fourth-order valence-electron chi connectivity index (χ4n) is 3.09. The maximum atomic E-state index is 13.3. The Morgan fingerprint density at radius 3 is 1.40 bits per heavy atom. The third-order valence-electron chi connectivity index (χ3n) is 5.14. The molecule has 0 saturated heterocycles. The molecule has 25 heavy (non-hydrogen) atoms. The molecule has 0 radical (unpaired) electrons. The number of rotatable bonds is 6. The molecular weight excluding hydrogens is 348 g/mol. The van der Waals surface area contributed by atoms with Crippen LogP contribution in [-0.2, 0) is 4.79 Å². The highest BCUT2D eigenvalue weighted by Crippen LogP contribution is 2.61. The van der Waals surface area contributed by atoms with E-state index in [2.05, 4.69) is 5.32 Å². The van der Waals surface area contributed by atoms with Gasteiger partial charge in [-0.1, -0.05) is 34.6 Å². The summed E-state index contributed by atoms with van der Waals surface area (Å²) in [5.41, 5.74) is -7.92. The quantitative estimate of drug-likeness (QED) is 0.618. The van der Waals surface area contributed by atoms with Crippen molar-refractivity contribution in [2.45, 2.75) is 79.2 Å². The van der Waals surface area contributed by atoms with Crippen LogP contribution in [0.5, 0.6) is 0 Å². The Morgan fingerprint density at radius 2 is 1.16 bits per heavy atom. The molecule has 0 heterocycles. The number of halogens is 6. The molecular formula is C17H29F6NO. The monoisotopic (exact) mass is 377 g/mol. The molecule has 1 unspecified atom stereocenters. The maximum Gasteiger partial charge on any atom is 0.403 e. The summed E-state index contributed by atoms with van der Waals surface area (Å²) in [4.78, 5) is 12.7. The highest BCUT2D eigenvalue weighted by Gasteiger charge is 2.74. The van der Waals surface area contributed by atoms with Crippen molar-refractivity contribution in [2.24, 2.45) is 16.2 Å². The van der Waals surface area contributed by atoms with Gasteiger partial charge in [0, 0.05) is 6.42 Å². The Morgan fingerprint density at radius 1 is 0.800 bits per heavy atom. The summed E-state index contributed by atoms with van der Waals surface area (Å²) in [6.07, 6.45) is -11.6. The van der Waals surface area contributed by atoms with Crippen molar-refractivity contribution < 1.29 is 31.1 Å². The van der Waals surface area contributed by atoms with Gasteiger partial charge in [0.05, 0.1) is 5.54 Å². The molecule has 0 aliphatic heterocycles. The van der Waals surface area contributed by atoms with Gasteiger partial charge in [-0.05, 0) is 38.1 Å². The zero-order valence-corrected chi connectivity index (χ0v) is 16.1.